The van der Waals surface area contributed by atoms with Crippen LogP contribution < -0.4 is 10.6 Å². The lowest BCUT2D eigenvalue weighted by Crippen LogP contribution is -2.39. The molecule has 1 aliphatic rings. The molecule has 1 saturated heterocycles. The molecule has 1 rings (SSSR count). The van der Waals surface area contributed by atoms with Gasteiger partial charge in [0.15, 0.2) is 0 Å². The van der Waals surface area contributed by atoms with Crippen LogP contribution in [0, 0.1) is 5.92 Å². The molecule has 4 nitrogen and oxygen atoms in total. The van der Waals surface area contributed by atoms with E-state index in [4.69, 9.17) is 0 Å². The maximum Gasteiger partial charge on any atom is 0.223 e. The minimum absolute atomic E-state index is 0.0195. The van der Waals surface area contributed by atoms with Crippen LogP contribution in [-0.4, -0.2) is 24.4 Å². The SMILES string of the molecule is CCCCCCCCCC[C@H](C)C(=O)N[C@H]1CCCNC(=O)C1. The Morgan fingerprint density at radius 3 is 2.52 bits per heavy atom. The first-order valence-electron chi connectivity index (χ1n) is 9.70. The molecule has 134 valence electrons. The van der Waals surface area contributed by atoms with Crippen molar-refractivity contribution >= 4 is 11.8 Å². The molecule has 0 bridgehead atoms. The highest BCUT2D eigenvalue weighted by molar-refractivity contribution is 5.81. The maximum absolute atomic E-state index is 12.2. The Balaban J connectivity index is 2.08. The molecule has 0 radical (unpaired) electrons. The summed E-state index contributed by atoms with van der Waals surface area (Å²) in [6.07, 6.45) is 13.6. The summed E-state index contributed by atoms with van der Waals surface area (Å²) in [5, 5.41) is 5.92. The summed E-state index contributed by atoms with van der Waals surface area (Å²) >= 11 is 0. The third-order valence-corrected chi connectivity index (χ3v) is 4.77. The molecule has 2 atom stereocenters. The molecule has 0 aromatic carbocycles. The standard InChI is InChI=1S/C19H36N2O2/c1-3-4-5-6-7-8-9-10-12-16(2)19(23)21-17-13-11-14-20-18(22)15-17/h16-17H,3-15H2,1-2H3,(H,20,22)(H,21,23)/t16-,17-/m0/s1. The van der Waals surface area contributed by atoms with E-state index in [9.17, 15) is 9.59 Å². The molecule has 2 N–H and O–H groups in total. The first-order chi connectivity index (χ1) is 11.1. The molecule has 0 aromatic rings. The zero-order valence-corrected chi connectivity index (χ0v) is 15.2. The Labute approximate surface area is 142 Å². The van der Waals surface area contributed by atoms with Crippen LogP contribution in [0.5, 0.6) is 0 Å². The Hall–Kier alpha value is -1.06. The molecule has 4 heteroatoms. The fourth-order valence-electron chi connectivity index (χ4n) is 3.16. The number of hydrogen-bond acceptors (Lipinski definition) is 2. The van der Waals surface area contributed by atoms with Gasteiger partial charge in [0.1, 0.15) is 0 Å². The molecule has 0 saturated carbocycles. The van der Waals surface area contributed by atoms with E-state index in [1.54, 1.807) is 0 Å². The zero-order chi connectivity index (χ0) is 16.9. The molecular formula is C19H36N2O2. The molecule has 1 heterocycles. The van der Waals surface area contributed by atoms with E-state index < -0.39 is 0 Å². The van der Waals surface area contributed by atoms with Crippen LogP contribution >= 0.6 is 0 Å². The summed E-state index contributed by atoms with van der Waals surface area (Å²) in [7, 11) is 0. The third kappa shape index (κ3) is 9.62. The first kappa shape index (κ1) is 20.0. The Kier molecular flexibility index (Phi) is 10.8. The van der Waals surface area contributed by atoms with Gasteiger partial charge in [0, 0.05) is 24.9 Å². The topological polar surface area (TPSA) is 58.2 Å². The maximum atomic E-state index is 12.2. The van der Waals surface area contributed by atoms with Crippen LogP contribution in [-0.2, 0) is 9.59 Å². The molecule has 0 spiro atoms. The molecule has 0 aromatic heterocycles. The van der Waals surface area contributed by atoms with Crippen molar-refractivity contribution in [1.82, 2.24) is 10.6 Å². The second-order valence-corrected chi connectivity index (χ2v) is 7.07. The number of rotatable bonds is 11. The quantitative estimate of drug-likeness (QED) is 0.566. The molecule has 0 unspecified atom stereocenters. The molecular weight excluding hydrogens is 288 g/mol. The van der Waals surface area contributed by atoms with Crippen LogP contribution in [0.3, 0.4) is 0 Å². The second kappa shape index (κ2) is 12.4. The summed E-state index contributed by atoms with van der Waals surface area (Å²) in [6, 6.07) is 0.0195. The van der Waals surface area contributed by atoms with E-state index in [0.717, 1.165) is 32.2 Å². The number of nitrogens with one attached hydrogen (secondary N) is 2. The molecule has 1 fully saturated rings. The van der Waals surface area contributed by atoms with Gasteiger partial charge in [-0.25, -0.2) is 0 Å². The van der Waals surface area contributed by atoms with E-state index in [-0.39, 0.29) is 23.8 Å². The number of carbonyl (C=O) groups is 2. The summed E-state index contributed by atoms with van der Waals surface area (Å²) in [5.74, 6) is 0.234. The molecule has 0 aliphatic carbocycles. The highest BCUT2D eigenvalue weighted by Gasteiger charge is 2.21. The van der Waals surface area contributed by atoms with Crippen LogP contribution in [0.2, 0.25) is 0 Å². The van der Waals surface area contributed by atoms with E-state index in [0.29, 0.717) is 6.42 Å². The number of unbranched alkanes of at least 4 members (excludes halogenated alkanes) is 7. The van der Waals surface area contributed by atoms with Crippen molar-refractivity contribution in [2.24, 2.45) is 5.92 Å². The zero-order valence-electron chi connectivity index (χ0n) is 15.2. The van der Waals surface area contributed by atoms with Crippen molar-refractivity contribution < 1.29 is 9.59 Å². The minimum Gasteiger partial charge on any atom is -0.356 e. The highest BCUT2D eigenvalue weighted by atomic mass is 16.2. The predicted molar refractivity (Wildman–Crippen MR) is 95.2 cm³/mol. The van der Waals surface area contributed by atoms with Crippen molar-refractivity contribution in [1.29, 1.82) is 0 Å². The van der Waals surface area contributed by atoms with Gasteiger partial charge in [0.05, 0.1) is 0 Å². The second-order valence-electron chi connectivity index (χ2n) is 7.07. The fraction of sp³-hybridized carbons (Fsp3) is 0.895. The largest absolute Gasteiger partial charge is 0.356 e. The van der Waals surface area contributed by atoms with Gasteiger partial charge in [0.25, 0.3) is 0 Å². The smallest absolute Gasteiger partial charge is 0.223 e. The van der Waals surface area contributed by atoms with Crippen molar-refractivity contribution in [3.63, 3.8) is 0 Å². The normalized spacial score (nSPS) is 19.7. The van der Waals surface area contributed by atoms with Crippen LogP contribution in [0.25, 0.3) is 0 Å². The summed E-state index contributed by atoms with van der Waals surface area (Å²) in [4.78, 5) is 23.7. The van der Waals surface area contributed by atoms with Crippen molar-refractivity contribution in [3.05, 3.63) is 0 Å². The van der Waals surface area contributed by atoms with Gasteiger partial charge in [-0.3, -0.25) is 9.59 Å². The Morgan fingerprint density at radius 2 is 1.83 bits per heavy atom. The highest BCUT2D eigenvalue weighted by Crippen LogP contribution is 2.14. The number of carbonyl (C=O) groups excluding carboxylic acids is 2. The third-order valence-electron chi connectivity index (χ3n) is 4.77. The van der Waals surface area contributed by atoms with E-state index in [1.165, 1.54) is 44.9 Å². The van der Waals surface area contributed by atoms with Crippen molar-refractivity contribution in [2.45, 2.75) is 96.9 Å². The van der Waals surface area contributed by atoms with E-state index in [1.807, 2.05) is 6.92 Å². The summed E-state index contributed by atoms with van der Waals surface area (Å²) < 4.78 is 0. The van der Waals surface area contributed by atoms with Gasteiger partial charge in [-0.15, -0.1) is 0 Å². The molecule has 23 heavy (non-hydrogen) atoms. The van der Waals surface area contributed by atoms with Gasteiger partial charge >= 0.3 is 0 Å². The Bertz CT molecular complexity index is 344. The van der Waals surface area contributed by atoms with Crippen LogP contribution in [0.4, 0.5) is 0 Å². The van der Waals surface area contributed by atoms with Gasteiger partial charge in [-0.2, -0.15) is 0 Å². The van der Waals surface area contributed by atoms with Gasteiger partial charge < -0.3 is 10.6 Å². The van der Waals surface area contributed by atoms with E-state index >= 15 is 0 Å². The minimum atomic E-state index is 0.0195. The average Bonchev–Trinajstić information content (AvgIpc) is 2.73. The van der Waals surface area contributed by atoms with Crippen LogP contribution in [0.1, 0.15) is 90.9 Å². The lowest BCUT2D eigenvalue weighted by Gasteiger charge is -2.18. The predicted octanol–water partition coefficient (Wildman–Crippen LogP) is 3.94. The fourth-order valence-corrected chi connectivity index (χ4v) is 3.16. The van der Waals surface area contributed by atoms with Crippen LogP contribution in [0.15, 0.2) is 0 Å². The van der Waals surface area contributed by atoms with Gasteiger partial charge in [0.2, 0.25) is 11.8 Å². The Morgan fingerprint density at radius 1 is 1.17 bits per heavy atom. The summed E-state index contributed by atoms with van der Waals surface area (Å²) in [5.41, 5.74) is 0. The lowest BCUT2D eigenvalue weighted by molar-refractivity contribution is -0.126. The van der Waals surface area contributed by atoms with Crippen molar-refractivity contribution in [3.8, 4) is 0 Å². The first-order valence-corrected chi connectivity index (χ1v) is 9.70. The summed E-state index contributed by atoms with van der Waals surface area (Å²) in [6.45, 7) is 4.99. The van der Waals surface area contributed by atoms with Gasteiger partial charge in [-0.1, -0.05) is 65.2 Å². The molecule has 2 amide bonds. The lowest BCUT2D eigenvalue weighted by atomic mass is 9.99. The van der Waals surface area contributed by atoms with Gasteiger partial charge in [-0.05, 0) is 19.3 Å². The number of amides is 2. The molecule has 1 aliphatic heterocycles. The van der Waals surface area contributed by atoms with Crippen molar-refractivity contribution in [2.75, 3.05) is 6.54 Å². The average molecular weight is 325 g/mol. The number of hydrogen-bond donors (Lipinski definition) is 2. The van der Waals surface area contributed by atoms with E-state index in [2.05, 4.69) is 17.6 Å². The monoisotopic (exact) mass is 324 g/mol.